The van der Waals surface area contributed by atoms with E-state index < -0.39 is 23.6 Å². The summed E-state index contributed by atoms with van der Waals surface area (Å²) in [5, 5.41) is 2.87. The standard InChI is InChI=1S/C16H15F2NO2/c1-10-4-3-5-12(8-10)19-15(16(20)21-2)13-9-11(17)6-7-14(13)18/h3-9,15,19H,1-2H3. The van der Waals surface area contributed by atoms with Crippen molar-refractivity contribution < 1.29 is 18.3 Å². The first-order valence-corrected chi connectivity index (χ1v) is 6.37. The summed E-state index contributed by atoms with van der Waals surface area (Å²) >= 11 is 0. The van der Waals surface area contributed by atoms with Gasteiger partial charge in [-0.05, 0) is 42.8 Å². The van der Waals surface area contributed by atoms with Crippen molar-refractivity contribution >= 4 is 11.7 Å². The Morgan fingerprint density at radius 2 is 1.95 bits per heavy atom. The van der Waals surface area contributed by atoms with Crippen LogP contribution >= 0.6 is 0 Å². The molecule has 0 amide bonds. The molecule has 0 saturated carbocycles. The minimum absolute atomic E-state index is 0.0941. The van der Waals surface area contributed by atoms with E-state index in [1.807, 2.05) is 13.0 Å². The third-order valence-corrected chi connectivity index (χ3v) is 3.04. The second-order valence-corrected chi connectivity index (χ2v) is 4.64. The Balaban J connectivity index is 2.39. The highest BCUT2D eigenvalue weighted by molar-refractivity contribution is 5.81. The normalized spacial score (nSPS) is 11.8. The van der Waals surface area contributed by atoms with Gasteiger partial charge in [0, 0.05) is 11.3 Å². The van der Waals surface area contributed by atoms with Crippen molar-refractivity contribution in [1.29, 1.82) is 0 Å². The highest BCUT2D eigenvalue weighted by Crippen LogP contribution is 2.24. The number of rotatable bonds is 4. The topological polar surface area (TPSA) is 38.3 Å². The summed E-state index contributed by atoms with van der Waals surface area (Å²) < 4.78 is 31.9. The lowest BCUT2D eigenvalue weighted by Gasteiger charge is -2.19. The average Bonchev–Trinajstić information content (AvgIpc) is 2.47. The van der Waals surface area contributed by atoms with Gasteiger partial charge in [0.05, 0.1) is 7.11 Å². The lowest BCUT2D eigenvalue weighted by Crippen LogP contribution is -2.23. The van der Waals surface area contributed by atoms with Gasteiger partial charge in [0.25, 0.3) is 0 Å². The molecule has 1 atom stereocenters. The molecular formula is C16H15F2NO2. The highest BCUT2D eigenvalue weighted by atomic mass is 19.1. The molecule has 0 fully saturated rings. The molecule has 0 spiro atoms. The fourth-order valence-electron chi connectivity index (χ4n) is 2.02. The zero-order valence-electron chi connectivity index (χ0n) is 11.7. The molecule has 0 aliphatic rings. The molecule has 0 aliphatic carbocycles. The van der Waals surface area contributed by atoms with Crippen LogP contribution in [0.5, 0.6) is 0 Å². The van der Waals surface area contributed by atoms with E-state index in [9.17, 15) is 13.6 Å². The van der Waals surface area contributed by atoms with E-state index in [4.69, 9.17) is 0 Å². The third-order valence-electron chi connectivity index (χ3n) is 3.04. The maximum atomic E-state index is 13.9. The average molecular weight is 291 g/mol. The molecule has 0 saturated heterocycles. The van der Waals surface area contributed by atoms with Gasteiger partial charge in [0.15, 0.2) is 6.04 Å². The number of carbonyl (C=O) groups is 1. The van der Waals surface area contributed by atoms with Gasteiger partial charge in [-0.1, -0.05) is 12.1 Å². The molecule has 1 unspecified atom stereocenters. The summed E-state index contributed by atoms with van der Waals surface area (Å²) in [6.45, 7) is 1.89. The molecular weight excluding hydrogens is 276 g/mol. The van der Waals surface area contributed by atoms with Gasteiger partial charge in [0.1, 0.15) is 11.6 Å². The summed E-state index contributed by atoms with van der Waals surface area (Å²) in [5.41, 5.74) is 1.50. The number of nitrogens with one attached hydrogen (secondary N) is 1. The summed E-state index contributed by atoms with van der Waals surface area (Å²) in [6.07, 6.45) is 0. The van der Waals surface area contributed by atoms with E-state index in [-0.39, 0.29) is 5.56 Å². The van der Waals surface area contributed by atoms with Gasteiger partial charge in [-0.15, -0.1) is 0 Å². The van der Waals surface area contributed by atoms with Crippen LogP contribution in [0.4, 0.5) is 14.5 Å². The van der Waals surface area contributed by atoms with E-state index in [0.29, 0.717) is 5.69 Å². The summed E-state index contributed by atoms with van der Waals surface area (Å²) in [4.78, 5) is 11.9. The smallest absolute Gasteiger partial charge is 0.333 e. The molecule has 2 rings (SSSR count). The van der Waals surface area contributed by atoms with E-state index in [1.165, 1.54) is 7.11 Å². The van der Waals surface area contributed by atoms with E-state index in [1.54, 1.807) is 18.2 Å². The fourth-order valence-corrected chi connectivity index (χ4v) is 2.02. The quantitative estimate of drug-likeness (QED) is 0.875. The van der Waals surface area contributed by atoms with Gasteiger partial charge >= 0.3 is 5.97 Å². The predicted octanol–water partition coefficient (Wildman–Crippen LogP) is 3.60. The molecule has 5 heteroatoms. The van der Waals surface area contributed by atoms with Crippen molar-refractivity contribution in [2.45, 2.75) is 13.0 Å². The number of benzene rings is 2. The summed E-state index contributed by atoms with van der Waals surface area (Å²) in [6, 6.07) is 9.08. The van der Waals surface area contributed by atoms with Crippen LogP contribution < -0.4 is 5.32 Å². The second kappa shape index (κ2) is 6.35. The van der Waals surface area contributed by atoms with Crippen molar-refractivity contribution in [3.63, 3.8) is 0 Å². The first kappa shape index (κ1) is 15.0. The molecule has 2 aromatic rings. The van der Waals surface area contributed by atoms with Crippen LogP contribution in [-0.2, 0) is 9.53 Å². The largest absolute Gasteiger partial charge is 0.467 e. The fraction of sp³-hybridized carbons (Fsp3) is 0.188. The van der Waals surface area contributed by atoms with Crippen molar-refractivity contribution in [1.82, 2.24) is 0 Å². The lowest BCUT2D eigenvalue weighted by atomic mass is 10.1. The van der Waals surface area contributed by atoms with Crippen LogP contribution in [0.15, 0.2) is 42.5 Å². The van der Waals surface area contributed by atoms with E-state index in [0.717, 1.165) is 23.8 Å². The van der Waals surface area contributed by atoms with Gasteiger partial charge in [-0.2, -0.15) is 0 Å². The molecule has 0 aromatic heterocycles. The lowest BCUT2D eigenvalue weighted by molar-refractivity contribution is -0.141. The van der Waals surface area contributed by atoms with Gasteiger partial charge < -0.3 is 10.1 Å². The number of hydrogen-bond donors (Lipinski definition) is 1. The maximum absolute atomic E-state index is 13.9. The number of carbonyl (C=O) groups excluding carboxylic acids is 1. The Bertz CT molecular complexity index is 658. The molecule has 0 radical (unpaired) electrons. The molecule has 1 N–H and O–H groups in total. The molecule has 110 valence electrons. The van der Waals surface area contributed by atoms with E-state index in [2.05, 4.69) is 10.1 Å². The molecule has 2 aromatic carbocycles. The number of ether oxygens (including phenoxy) is 1. The zero-order chi connectivity index (χ0) is 15.4. The van der Waals surface area contributed by atoms with Gasteiger partial charge in [0.2, 0.25) is 0 Å². The second-order valence-electron chi connectivity index (χ2n) is 4.64. The van der Waals surface area contributed by atoms with E-state index >= 15 is 0 Å². The molecule has 0 heterocycles. The van der Waals surface area contributed by atoms with Crippen molar-refractivity contribution in [2.24, 2.45) is 0 Å². The van der Waals surface area contributed by atoms with Crippen molar-refractivity contribution in [3.8, 4) is 0 Å². The van der Waals surface area contributed by atoms with Crippen LogP contribution in [0.2, 0.25) is 0 Å². The molecule has 3 nitrogen and oxygen atoms in total. The number of aryl methyl sites for hydroxylation is 1. The molecule has 0 bridgehead atoms. The van der Waals surface area contributed by atoms with Crippen LogP contribution in [0.3, 0.4) is 0 Å². The Hall–Kier alpha value is -2.43. The van der Waals surface area contributed by atoms with Crippen LogP contribution in [-0.4, -0.2) is 13.1 Å². The minimum Gasteiger partial charge on any atom is -0.467 e. The summed E-state index contributed by atoms with van der Waals surface area (Å²) in [7, 11) is 1.20. The number of methoxy groups -OCH3 is 1. The predicted molar refractivity (Wildman–Crippen MR) is 75.9 cm³/mol. The number of halogens is 2. The Labute approximate surface area is 121 Å². The first-order valence-electron chi connectivity index (χ1n) is 6.37. The van der Waals surface area contributed by atoms with Crippen LogP contribution in [0, 0.1) is 18.6 Å². The Morgan fingerprint density at radius 3 is 2.62 bits per heavy atom. The van der Waals surface area contributed by atoms with Gasteiger partial charge in [-0.25, -0.2) is 13.6 Å². The number of esters is 1. The van der Waals surface area contributed by atoms with Crippen LogP contribution in [0.25, 0.3) is 0 Å². The van der Waals surface area contributed by atoms with Gasteiger partial charge in [-0.3, -0.25) is 0 Å². The molecule has 21 heavy (non-hydrogen) atoms. The third kappa shape index (κ3) is 3.56. The Morgan fingerprint density at radius 1 is 1.19 bits per heavy atom. The summed E-state index contributed by atoms with van der Waals surface area (Å²) in [5.74, 6) is -1.99. The van der Waals surface area contributed by atoms with Crippen molar-refractivity contribution in [2.75, 3.05) is 12.4 Å². The highest BCUT2D eigenvalue weighted by Gasteiger charge is 2.25. The number of hydrogen-bond acceptors (Lipinski definition) is 3. The van der Waals surface area contributed by atoms with Crippen molar-refractivity contribution in [3.05, 3.63) is 65.2 Å². The minimum atomic E-state index is -1.12. The monoisotopic (exact) mass is 291 g/mol. The van der Waals surface area contributed by atoms with Crippen LogP contribution in [0.1, 0.15) is 17.2 Å². The SMILES string of the molecule is COC(=O)C(Nc1cccc(C)c1)c1cc(F)ccc1F. The first-order chi connectivity index (χ1) is 10.0. The zero-order valence-corrected chi connectivity index (χ0v) is 11.7. The number of anilines is 1. The maximum Gasteiger partial charge on any atom is 0.333 e. The molecule has 0 aliphatic heterocycles. The Kier molecular flexibility index (Phi) is 4.52.